The SMILES string of the molecule is CSc1ccc(CNC(=O)c2cc(Br)ccc2OCCc2ccccc2)cc1. The first-order valence-corrected chi connectivity index (χ1v) is 11.0. The first kappa shape index (κ1) is 20.5. The molecule has 3 aromatic rings. The fourth-order valence-electron chi connectivity index (χ4n) is 2.75. The largest absolute Gasteiger partial charge is 0.492 e. The predicted octanol–water partition coefficient (Wildman–Crippen LogP) is 5.72. The van der Waals surface area contributed by atoms with Crippen molar-refractivity contribution in [1.82, 2.24) is 5.32 Å². The van der Waals surface area contributed by atoms with Crippen molar-refractivity contribution in [3.63, 3.8) is 0 Å². The van der Waals surface area contributed by atoms with E-state index >= 15 is 0 Å². The van der Waals surface area contributed by atoms with Crippen LogP contribution in [0.3, 0.4) is 0 Å². The van der Waals surface area contributed by atoms with Crippen molar-refractivity contribution in [3.05, 3.63) is 94.0 Å². The van der Waals surface area contributed by atoms with E-state index in [1.54, 1.807) is 17.8 Å². The molecule has 0 aliphatic heterocycles. The fourth-order valence-corrected chi connectivity index (χ4v) is 3.52. The zero-order valence-corrected chi connectivity index (χ0v) is 18.1. The molecule has 3 aromatic carbocycles. The second-order valence-electron chi connectivity index (χ2n) is 6.26. The van der Waals surface area contributed by atoms with E-state index < -0.39 is 0 Å². The Kier molecular flexibility index (Phi) is 7.57. The molecule has 0 heterocycles. The van der Waals surface area contributed by atoms with Crippen molar-refractivity contribution < 1.29 is 9.53 Å². The minimum Gasteiger partial charge on any atom is -0.492 e. The predicted molar refractivity (Wildman–Crippen MR) is 119 cm³/mol. The van der Waals surface area contributed by atoms with Crippen LogP contribution >= 0.6 is 27.7 Å². The van der Waals surface area contributed by atoms with Gasteiger partial charge in [0.2, 0.25) is 0 Å². The van der Waals surface area contributed by atoms with E-state index in [-0.39, 0.29) is 5.91 Å². The van der Waals surface area contributed by atoms with Crippen LogP contribution in [0.5, 0.6) is 5.75 Å². The summed E-state index contributed by atoms with van der Waals surface area (Å²) in [5, 5.41) is 2.98. The maximum Gasteiger partial charge on any atom is 0.255 e. The van der Waals surface area contributed by atoms with Crippen molar-refractivity contribution in [2.24, 2.45) is 0 Å². The molecule has 0 saturated heterocycles. The minimum absolute atomic E-state index is 0.148. The summed E-state index contributed by atoms with van der Waals surface area (Å²) in [6.07, 6.45) is 2.84. The van der Waals surface area contributed by atoms with Crippen LogP contribution in [0, 0.1) is 0 Å². The normalized spacial score (nSPS) is 10.5. The number of rotatable bonds is 8. The average molecular weight is 456 g/mol. The molecular weight excluding hydrogens is 434 g/mol. The van der Waals surface area contributed by atoms with Crippen molar-refractivity contribution in [2.75, 3.05) is 12.9 Å². The number of carbonyl (C=O) groups excluding carboxylic acids is 1. The smallest absolute Gasteiger partial charge is 0.255 e. The lowest BCUT2D eigenvalue weighted by Crippen LogP contribution is -2.23. The highest BCUT2D eigenvalue weighted by Gasteiger charge is 2.13. The van der Waals surface area contributed by atoms with Gasteiger partial charge < -0.3 is 10.1 Å². The summed E-state index contributed by atoms with van der Waals surface area (Å²) >= 11 is 5.14. The Balaban J connectivity index is 1.62. The van der Waals surface area contributed by atoms with E-state index in [1.165, 1.54) is 10.5 Å². The molecule has 0 aromatic heterocycles. The summed E-state index contributed by atoms with van der Waals surface area (Å²) < 4.78 is 6.76. The standard InChI is InChI=1S/C23H22BrNO2S/c1-28-20-10-7-18(8-11-20)16-25-23(26)21-15-19(24)9-12-22(21)27-14-13-17-5-3-2-4-6-17/h2-12,15H,13-14,16H2,1H3,(H,25,26). The number of ether oxygens (including phenoxy) is 1. The van der Waals surface area contributed by atoms with Crippen LogP contribution in [-0.4, -0.2) is 18.8 Å². The molecule has 1 amide bonds. The molecule has 28 heavy (non-hydrogen) atoms. The molecule has 0 radical (unpaired) electrons. The van der Waals surface area contributed by atoms with Crippen LogP contribution in [0.2, 0.25) is 0 Å². The maximum atomic E-state index is 12.7. The second-order valence-corrected chi connectivity index (χ2v) is 8.05. The number of thioether (sulfide) groups is 1. The summed E-state index contributed by atoms with van der Waals surface area (Å²) in [4.78, 5) is 13.9. The first-order valence-electron chi connectivity index (χ1n) is 9.03. The Hall–Kier alpha value is -2.24. The van der Waals surface area contributed by atoms with Gasteiger partial charge in [0.25, 0.3) is 5.91 Å². The topological polar surface area (TPSA) is 38.3 Å². The van der Waals surface area contributed by atoms with E-state index in [0.717, 1.165) is 16.5 Å². The van der Waals surface area contributed by atoms with E-state index in [2.05, 4.69) is 45.5 Å². The third-order valence-electron chi connectivity index (χ3n) is 4.29. The monoisotopic (exact) mass is 455 g/mol. The summed E-state index contributed by atoms with van der Waals surface area (Å²) in [6.45, 7) is 0.992. The number of benzene rings is 3. The third kappa shape index (κ3) is 5.88. The number of hydrogen-bond acceptors (Lipinski definition) is 3. The zero-order chi connectivity index (χ0) is 19.8. The lowest BCUT2D eigenvalue weighted by atomic mass is 10.1. The zero-order valence-electron chi connectivity index (χ0n) is 15.7. The lowest BCUT2D eigenvalue weighted by Gasteiger charge is -2.13. The second kappa shape index (κ2) is 10.3. The van der Waals surface area contributed by atoms with Gasteiger partial charge in [-0.15, -0.1) is 11.8 Å². The maximum absolute atomic E-state index is 12.7. The van der Waals surface area contributed by atoms with Gasteiger partial charge in [0.05, 0.1) is 12.2 Å². The van der Waals surface area contributed by atoms with Crippen LogP contribution in [0.25, 0.3) is 0 Å². The fraction of sp³-hybridized carbons (Fsp3) is 0.174. The van der Waals surface area contributed by atoms with Crippen LogP contribution in [0.1, 0.15) is 21.5 Å². The molecule has 0 fully saturated rings. The van der Waals surface area contributed by atoms with Crippen LogP contribution in [0.4, 0.5) is 0 Å². The van der Waals surface area contributed by atoms with Crippen LogP contribution in [-0.2, 0) is 13.0 Å². The van der Waals surface area contributed by atoms with Crippen LogP contribution < -0.4 is 10.1 Å². The summed E-state index contributed by atoms with van der Waals surface area (Å²) in [5.74, 6) is 0.444. The van der Waals surface area contributed by atoms with Crippen molar-refractivity contribution in [2.45, 2.75) is 17.9 Å². The molecular formula is C23H22BrNO2S. The third-order valence-corrected chi connectivity index (χ3v) is 5.53. The average Bonchev–Trinajstić information content (AvgIpc) is 2.74. The van der Waals surface area contributed by atoms with Gasteiger partial charge in [-0.2, -0.15) is 0 Å². The van der Waals surface area contributed by atoms with Crippen molar-refractivity contribution in [1.29, 1.82) is 0 Å². The van der Waals surface area contributed by atoms with Gasteiger partial charge in [0.1, 0.15) is 5.75 Å². The summed E-state index contributed by atoms with van der Waals surface area (Å²) in [6, 6.07) is 23.9. The Morgan fingerprint density at radius 1 is 1.00 bits per heavy atom. The molecule has 3 rings (SSSR count). The molecule has 3 nitrogen and oxygen atoms in total. The minimum atomic E-state index is -0.148. The first-order chi connectivity index (χ1) is 13.7. The summed E-state index contributed by atoms with van der Waals surface area (Å²) in [5.41, 5.74) is 2.80. The molecule has 0 saturated carbocycles. The molecule has 0 bridgehead atoms. The van der Waals surface area contributed by atoms with Gasteiger partial charge in [-0.05, 0) is 47.7 Å². The highest BCUT2D eigenvalue weighted by molar-refractivity contribution is 9.10. The molecule has 0 unspecified atom stereocenters. The van der Waals surface area contributed by atoms with Gasteiger partial charge >= 0.3 is 0 Å². The molecule has 0 aliphatic rings. The molecule has 5 heteroatoms. The molecule has 0 spiro atoms. The van der Waals surface area contributed by atoms with Gasteiger partial charge in [-0.3, -0.25) is 4.79 Å². The van der Waals surface area contributed by atoms with Gasteiger partial charge in [-0.1, -0.05) is 58.4 Å². The Bertz CT molecular complexity index is 914. The number of carbonyl (C=O) groups is 1. The van der Waals surface area contributed by atoms with Crippen molar-refractivity contribution in [3.8, 4) is 5.75 Å². The van der Waals surface area contributed by atoms with Crippen molar-refractivity contribution >= 4 is 33.6 Å². The van der Waals surface area contributed by atoms with E-state index in [0.29, 0.717) is 24.5 Å². The quantitative estimate of drug-likeness (QED) is 0.441. The van der Waals surface area contributed by atoms with E-state index in [9.17, 15) is 4.79 Å². The van der Waals surface area contributed by atoms with E-state index in [1.807, 2.05) is 48.7 Å². The van der Waals surface area contributed by atoms with Gasteiger partial charge in [0.15, 0.2) is 0 Å². The summed E-state index contributed by atoms with van der Waals surface area (Å²) in [7, 11) is 0. The number of halogens is 1. The molecule has 0 atom stereocenters. The Labute approximate surface area is 178 Å². The molecule has 0 aliphatic carbocycles. The van der Waals surface area contributed by atoms with E-state index in [4.69, 9.17) is 4.74 Å². The highest BCUT2D eigenvalue weighted by atomic mass is 79.9. The Morgan fingerprint density at radius 3 is 2.46 bits per heavy atom. The van der Waals surface area contributed by atoms with Crippen LogP contribution in [0.15, 0.2) is 82.2 Å². The number of hydrogen-bond donors (Lipinski definition) is 1. The Morgan fingerprint density at radius 2 is 1.75 bits per heavy atom. The lowest BCUT2D eigenvalue weighted by molar-refractivity contribution is 0.0947. The number of amides is 1. The molecule has 1 N–H and O–H groups in total. The van der Waals surface area contributed by atoms with Gasteiger partial charge in [0, 0.05) is 22.3 Å². The van der Waals surface area contributed by atoms with Gasteiger partial charge in [-0.25, -0.2) is 0 Å². The molecule has 144 valence electrons. The highest BCUT2D eigenvalue weighted by Crippen LogP contribution is 2.24. The number of nitrogens with one attached hydrogen (secondary N) is 1.